The first-order valence-electron chi connectivity index (χ1n) is 6.86. The van der Waals surface area contributed by atoms with E-state index in [1.807, 2.05) is 38.7 Å². The van der Waals surface area contributed by atoms with Crippen LogP contribution >= 0.6 is 11.3 Å². The number of hydrogen-bond donors (Lipinski definition) is 0. The summed E-state index contributed by atoms with van der Waals surface area (Å²) in [6.07, 6.45) is 3.48. The van der Waals surface area contributed by atoms with Crippen LogP contribution in [0.25, 0.3) is 6.08 Å². The van der Waals surface area contributed by atoms with Gasteiger partial charge in [-0.05, 0) is 43.9 Å². The Balaban J connectivity index is 2.07. The van der Waals surface area contributed by atoms with E-state index in [2.05, 4.69) is 23.5 Å². The van der Waals surface area contributed by atoms with Gasteiger partial charge >= 0.3 is 0 Å². The Morgan fingerprint density at radius 1 is 1.43 bits per heavy atom. The summed E-state index contributed by atoms with van der Waals surface area (Å²) >= 11 is 1.69. The molecule has 0 saturated carbocycles. The van der Waals surface area contributed by atoms with E-state index in [9.17, 15) is 4.79 Å². The number of hydrogen-bond acceptors (Lipinski definition) is 3. The monoisotopic (exact) mass is 303 g/mol. The van der Waals surface area contributed by atoms with Gasteiger partial charge in [0.15, 0.2) is 0 Å². The predicted octanol–water partition coefficient (Wildman–Crippen LogP) is 3.08. The summed E-state index contributed by atoms with van der Waals surface area (Å²) < 4.78 is 1.83. The van der Waals surface area contributed by atoms with Crippen LogP contribution in [0.15, 0.2) is 17.5 Å². The lowest BCUT2D eigenvalue weighted by molar-refractivity contribution is -0.125. The minimum atomic E-state index is 0.00505. The lowest BCUT2D eigenvalue weighted by atomic mass is 10.2. The van der Waals surface area contributed by atoms with Crippen LogP contribution < -0.4 is 0 Å². The first-order chi connectivity index (χ1) is 9.90. The third-order valence-electron chi connectivity index (χ3n) is 3.68. The van der Waals surface area contributed by atoms with Gasteiger partial charge < -0.3 is 4.90 Å². The lowest BCUT2D eigenvalue weighted by Gasteiger charge is -2.14. The fourth-order valence-corrected chi connectivity index (χ4v) is 3.13. The molecule has 2 heterocycles. The molecular formula is C16H21N3OS. The minimum absolute atomic E-state index is 0.00505. The summed E-state index contributed by atoms with van der Waals surface area (Å²) in [6, 6.07) is 2.08. The largest absolute Gasteiger partial charge is 0.337 e. The fraction of sp³-hybridized carbons (Fsp3) is 0.375. The molecule has 0 aliphatic heterocycles. The van der Waals surface area contributed by atoms with E-state index < -0.39 is 0 Å². The van der Waals surface area contributed by atoms with Gasteiger partial charge in [-0.1, -0.05) is 0 Å². The molecule has 5 heteroatoms. The van der Waals surface area contributed by atoms with Crippen molar-refractivity contribution < 1.29 is 4.79 Å². The van der Waals surface area contributed by atoms with Crippen LogP contribution in [0.4, 0.5) is 0 Å². The van der Waals surface area contributed by atoms with Crippen LogP contribution in [0.2, 0.25) is 0 Å². The average Bonchev–Trinajstić information content (AvgIpc) is 2.93. The molecule has 4 nitrogen and oxygen atoms in total. The molecule has 2 rings (SSSR count). The topological polar surface area (TPSA) is 38.1 Å². The van der Waals surface area contributed by atoms with Gasteiger partial charge in [0.1, 0.15) is 0 Å². The van der Waals surface area contributed by atoms with Gasteiger partial charge in [-0.25, -0.2) is 0 Å². The molecule has 1 amide bonds. The van der Waals surface area contributed by atoms with Gasteiger partial charge in [0.2, 0.25) is 5.91 Å². The highest BCUT2D eigenvalue weighted by molar-refractivity contribution is 7.10. The van der Waals surface area contributed by atoms with E-state index in [1.165, 1.54) is 10.4 Å². The maximum Gasteiger partial charge on any atom is 0.246 e. The van der Waals surface area contributed by atoms with Crippen molar-refractivity contribution in [3.63, 3.8) is 0 Å². The van der Waals surface area contributed by atoms with Gasteiger partial charge in [0, 0.05) is 36.3 Å². The molecule has 0 saturated heterocycles. The zero-order valence-electron chi connectivity index (χ0n) is 13.2. The number of aromatic nitrogens is 2. The SMILES string of the molecule is Cc1ccsc1CN(C)C(=O)/C=C/c1c(C)nn(C)c1C. The number of nitrogens with zero attached hydrogens (tertiary/aromatic N) is 3. The Morgan fingerprint density at radius 3 is 2.67 bits per heavy atom. The summed E-state index contributed by atoms with van der Waals surface area (Å²) in [6.45, 7) is 6.68. The van der Waals surface area contributed by atoms with Crippen LogP contribution in [0.3, 0.4) is 0 Å². The molecule has 2 aromatic rings. The molecule has 0 bridgehead atoms. The number of aryl methyl sites for hydroxylation is 3. The van der Waals surface area contributed by atoms with Crippen LogP contribution in [-0.2, 0) is 18.4 Å². The molecule has 0 atom stereocenters. The van der Waals surface area contributed by atoms with Crippen molar-refractivity contribution in [1.29, 1.82) is 0 Å². The van der Waals surface area contributed by atoms with E-state index in [0.29, 0.717) is 6.54 Å². The number of amides is 1. The van der Waals surface area contributed by atoms with Crippen molar-refractivity contribution in [3.8, 4) is 0 Å². The number of thiophene rings is 1. The highest BCUT2D eigenvalue weighted by atomic mass is 32.1. The summed E-state index contributed by atoms with van der Waals surface area (Å²) in [5.41, 5.74) is 4.26. The molecule has 112 valence electrons. The van der Waals surface area contributed by atoms with Gasteiger partial charge in [0.25, 0.3) is 0 Å². The Hall–Kier alpha value is -1.88. The first-order valence-corrected chi connectivity index (χ1v) is 7.74. The van der Waals surface area contributed by atoms with Crippen molar-refractivity contribution in [3.05, 3.63) is 44.9 Å². The highest BCUT2D eigenvalue weighted by Gasteiger charge is 2.10. The van der Waals surface area contributed by atoms with Crippen molar-refractivity contribution >= 4 is 23.3 Å². The molecule has 0 fully saturated rings. The zero-order valence-corrected chi connectivity index (χ0v) is 14.0. The second kappa shape index (κ2) is 6.26. The van der Waals surface area contributed by atoms with Crippen LogP contribution in [0, 0.1) is 20.8 Å². The van der Waals surface area contributed by atoms with Crippen molar-refractivity contribution in [2.24, 2.45) is 7.05 Å². The number of carbonyl (C=O) groups is 1. The second-order valence-electron chi connectivity index (χ2n) is 5.26. The van der Waals surface area contributed by atoms with Gasteiger partial charge in [-0.2, -0.15) is 5.10 Å². The van der Waals surface area contributed by atoms with E-state index in [1.54, 1.807) is 22.3 Å². The third-order valence-corrected chi connectivity index (χ3v) is 4.69. The van der Waals surface area contributed by atoms with E-state index in [4.69, 9.17) is 0 Å². The molecule has 0 spiro atoms. The van der Waals surface area contributed by atoms with Crippen molar-refractivity contribution in [1.82, 2.24) is 14.7 Å². The normalized spacial score (nSPS) is 11.3. The van der Waals surface area contributed by atoms with Crippen molar-refractivity contribution in [2.45, 2.75) is 27.3 Å². The van der Waals surface area contributed by atoms with E-state index in [-0.39, 0.29) is 5.91 Å². The number of carbonyl (C=O) groups excluding carboxylic acids is 1. The highest BCUT2D eigenvalue weighted by Crippen LogP contribution is 2.18. The second-order valence-corrected chi connectivity index (χ2v) is 6.26. The Bertz CT molecular complexity index is 682. The maximum atomic E-state index is 12.2. The van der Waals surface area contributed by atoms with Gasteiger partial charge in [-0.15, -0.1) is 11.3 Å². The summed E-state index contributed by atoms with van der Waals surface area (Å²) in [5.74, 6) is 0.00505. The summed E-state index contributed by atoms with van der Waals surface area (Å²) in [5, 5.41) is 6.40. The van der Waals surface area contributed by atoms with Gasteiger partial charge in [0.05, 0.1) is 12.2 Å². The van der Waals surface area contributed by atoms with Crippen LogP contribution in [-0.4, -0.2) is 27.6 Å². The number of rotatable bonds is 4. The smallest absolute Gasteiger partial charge is 0.246 e. The number of likely N-dealkylation sites (N-methyl/N-ethyl adjacent to an activating group) is 1. The summed E-state index contributed by atoms with van der Waals surface area (Å²) in [7, 11) is 3.74. The summed E-state index contributed by atoms with van der Waals surface area (Å²) in [4.78, 5) is 15.2. The molecule has 0 radical (unpaired) electrons. The molecule has 21 heavy (non-hydrogen) atoms. The van der Waals surface area contributed by atoms with Crippen LogP contribution in [0.5, 0.6) is 0 Å². The Morgan fingerprint density at radius 2 is 2.14 bits per heavy atom. The fourth-order valence-electron chi connectivity index (χ4n) is 2.17. The minimum Gasteiger partial charge on any atom is -0.337 e. The molecule has 2 aromatic heterocycles. The standard InChI is InChI=1S/C16H21N3OS/c1-11-8-9-21-15(11)10-18(4)16(20)7-6-14-12(2)17-19(5)13(14)3/h6-9H,10H2,1-5H3/b7-6+. The van der Waals surface area contributed by atoms with Gasteiger partial charge in [-0.3, -0.25) is 9.48 Å². The molecule has 0 unspecified atom stereocenters. The molecule has 0 aromatic carbocycles. The van der Waals surface area contributed by atoms with E-state index in [0.717, 1.165) is 17.0 Å². The maximum absolute atomic E-state index is 12.2. The first kappa shape index (κ1) is 15.5. The van der Waals surface area contributed by atoms with E-state index >= 15 is 0 Å². The molecular weight excluding hydrogens is 282 g/mol. The zero-order chi connectivity index (χ0) is 15.6. The Labute approximate surface area is 129 Å². The van der Waals surface area contributed by atoms with Crippen molar-refractivity contribution in [2.75, 3.05) is 7.05 Å². The Kier molecular flexibility index (Phi) is 4.63. The predicted molar refractivity (Wildman–Crippen MR) is 87.2 cm³/mol. The third kappa shape index (κ3) is 3.42. The molecule has 0 aliphatic rings. The molecule has 0 aliphatic carbocycles. The average molecular weight is 303 g/mol. The quantitative estimate of drug-likeness (QED) is 0.814. The lowest BCUT2D eigenvalue weighted by Crippen LogP contribution is -2.23. The van der Waals surface area contributed by atoms with Crippen LogP contribution in [0.1, 0.15) is 27.4 Å². The molecule has 0 N–H and O–H groups in total.